The van der Waals surface area contributed by atoms with E-state index in [1.165, 1.54) is 12.8 Å². The van der Waals surface area contributed by atoms with Crippen LogP contribution in [0.3, 0.4) is 0 Å². The highest BCUT2D eigenvalue weighted by molar-refractivity contribution is 7.78. The van der Waals surface area contributed by atoms with Gasteiger partial charge in [0, 0.05) is 13.6 Å². The molecule has 0 unspecified atom stereocenters. The molecule has 1 fully saturated rings. The van der Waals surface area contributed by atoms with Crippen molar-refractivity contribution in [1.82, 2.24) is 9.80 Å². The van der Waals surface area contributed by atoms with Gasteiger partial charge >= 0.3 is 0 Å². The maximum Gasteiger partial charge on any atom is 0.227 e. The van der Waals surface area contributed by atoms with E-state index in [9.17, 15) is 4.79 Å². The molecule has 152 valence electrons. The molecule has 1 aliphatic heterocycles. The lowest BCUT2D eigenvalue weighted by Gasteiger charge is -2.32. The number of carbonyl (C=O) groups is 1. The Morgan fingerprint density at radius 1 is 1.21 bits per heavy atom. The van der Waals surface area contributed by atoms with E-state index in [2.05, 4.69) is 27.2 Å². The van der Waals surface area contributed by atoms with Crippen molar-refractivity contribution in [3.8, 4) is 0 Å². The molecule has 0 aliphatic carbocycles. The molecule has 0 aromatic heterocycles. The molecule has 1 atom stereocenters. The fourth-order valence-corrected chi connectivity index (χ4v) is 4.11. The summed E-state index contributed by atoms with van der Waals surface area (Å²) in [4.78, 5) is 21.5. The third kappa shape index (κ3) is 5.65. The fraction of sp³-hybridized carbons (Fsp3) is 0.364. The number of aliphatic imine (C=N–C) groups is 1. The minimum Gasteiger partial charge on any atom is -0.337 e. The van der Waals surface area contributed by atoms with Crippen LogP contribution >= 0.6 is 35.4 Å². The average Bonchev–Trinajstić information content (AvgIpc) is 3.23. The van der Waals surface area contributed by atoms with Gasteiger partial charge < -0.3 is 9.80 Å². The van der Waals surface area contributed by atoms with Gasteiger partial charge in [-0.3, -0.25) is 4.79 Å². The Kier molecular flexibility index (Phi) is 7.82. The molecular formula is C22H23Cl2N3OS. The quantitative estimate of drug-likeness (QED) is 0.411. The molecule has 3 rings (SSSR count). The van der Waals surface area contributed by atoms with Crippen molar-refractivity contribution in [3.63, 3.8) is 0 Å². The highest BCUT2D eigenvalue weighted by Gasteiger charge is 2.26. The average molecular weight is 448 g/mol. The molecule has 7 heteroatoms. The summed E-state index contributed by atoms with van der Waals surface area (Å²) in [6.07, 6.45) is 2.58. The number of likely N-dealkylation sites (tertiary alicyclic amines) is 1. The lowest BCUT2D eigenvalue weighted by atomic mass is 10.0. The normalized spacial score (nSPS) is 15.0. The van der Waals surface area contributed by atoms with Crippen LogP contribution < -0.4 is 0 Å². The molecule has 1 saturated heterocycles. The van der Waals surface area contributed by atoms with E-state index >= 15 is 0 Å². The van der Waals surface area contributed by atoms with Crippen LogP contribution in [0.4, 0.5) is 5.69 Å². The van der Waals surface area contributed by atoms with Gasteiger partial charge in [-0.05, 0) is 61.4 Å². The number of rotatable bonds is 7. The smallest absolute Gasteiger partial charge is 0.227 e. The Labute approximate surface area is 187 Å². The first-order valence-corrected chi connectivity index (χ1v) is 10.7. The Morgan fingerprint density at radius 3 is 2.52 bits per heavy atom. The number of hydrogen-bond donors (Lipinski definition) is 0. The second-order valence-corrected chi connectivity index (χ2v) is 8.21. The SMILES string of the molecule is CN(C(=O)Cc1cc(Cl)c(Cl)cc1N=C=S)[C@H](CN1CCCC1)c1ccccc1. The first kappa shape index (κ1) is 21.9. The Balaban J connectivity index is 1.84. The molecule has 2 aromatic carbocycles. The molecule has 2 aromatic rings. The van der Waals surface area contributed by atoms with E-state index in [4.69, 9.17) is 35.4 Å². The van der Waals surface area contributed by atoms with Crippen molar-refractivity contribution in [2.45, 2.75) is 25.3 Å². The summed E-state index contributed by atoms with van der Waals surface area (Å²) < 4.78 is 0. The molecule has 0 bridgehead atoms. The summed E-state index contributed by atoms with van der Waals surface area (Å²) >= 11 is 17.0. The van der Waals surface area contributed by atoms with Gasteiger partial charge in [0.2, 0.25) is 5.91 Å². The lowest BCUT2D eigenvalue weighted by molar-refractivity contribution is -0.131. The highest BCUT2D eigenvalue weighted by Crippen LogP contribution is 2.32. The third-order valence-corrected chi connectivity index (χ3v) is 6.12. The lowest BCUT2D eigenvalue weighted by Crippen LogP contribution is -2.39. The van der Waals surface area contributed by atoms with Crippen molar-refractivity contribution in [1.29, 1.82) is 0 Å². The third-order valence-electron chi connectivity index (χ3n) is 5.30. The van der Waals surface area contributed by atoms with Crippen molar-refractivity contribution >= 4 is 52.2 Å². The highest BCUT2D eigenvalue weighted by atomic mass is 35.5. The van der Waals surface area contributed by atoms with Crippen LogP contribution in [0, 0.1) is 0 Å². The Bertz CT molecular complexity index is 910. The number of carbonyl (C=O) groups excluding carboxylic acids is 1. The predicted molar refractivity (Wildman–Crippen MR) is 122 cm³/mol. The zero-order valence-corrected chi connectivity index (χ0v) is 18.6. The first-order chi connectivity index (χ1) is 14.0. The molecule has 29 heavy (non-hydrogen) atoms. The van der Waals surface area contributed by atoms with Crippen LogP contribution in [0.1, 0.15) is 30.0 Å². The zero-order chi connectivity index (χ0) is 20.8. The molecular weight excluding hydrogens is 425 g/mol. The Hall–Kier alpha value is -1.75. The largest absolute Gasteiger partial charge is 0.337 e. The number of likely N-dealkylation sites (N-methyl/N-ethyl adjacent to an activating group) is 1. The maximum atomic E-state index is 13.2. The van der Waals surface area contributed by atoms with E-state index in [1.54, 1.807) is 12.1 Å². The molecule has 0 N–H and O–H groups in total. The molecule has 1 amide bonds. The van der Waals surface area contributed by atoms with Gasteiger partial charge in [-0.25, -0.2) is 0 Å². The number of amides is 1. The minimum atomic E-state index is -0.0259. The summed E-state index contributed by atoms with van der Waals surface area (Å²) in [5, 5.41) is 3.10. The molecule has 1 aliphatic rings. The van der Waals surface area contributed by atoms with Gasteiger partial charge in [0.1, 0.15) is 0 Å². The van der Waals surface area contributed by atoms with Gasteiger partial charge in [-0.15, -0.1) is 0 Å². The second kappa shape index (κ2) is 10.3. The van der Waals surface area contributed by atoms with E-state index < -0.39 is 0 Å². The maximum absolute atomic E-state index is 13.2. The number of benzene rings is 2. The van der Waals surface area contributed by atoms with E-state index in [-0.39, 0.29) is 18.4 Å². The topological polar surface area (TPSA) is 35.9 Å². The van der Waals surface area contributed by atoms with Crippen LogP contribution in [0.25, 0.3) is 0 Å². The second-order valence-electron chi connectivity index (χ2n) is 7.21. The summed E-state index contributed by atoms with van der Waals surface area (Å²) in [6.45, 7) is 2.97. The van der Waals surface area contributed by atoms with Crippen molar-refractivity contribution in [3.05, 3.63) is 63.6 Å². The monoisotopic (exact) mass is 447 g/mol. The van der Waals surface area contributed by atoms with Crippen LogP contribution in [0.2, 0.25) is 10.0 Å². The first-order valence-electron chi connectivity index (χ1n) is 9.58. The zero-order valence-electron chi connectivity index (χ0n) is 16.3. The summed E-state index contributed by atoms with van der Waals surface area (Å²) in [5.41, 5.74) is 2.33. The summed E-state index contributed by atoms with van der Waals surface area (Å²) in [5.74, 6) is -0.0164. The number of thiocarbonyl (C=S) groups is 1. The van der Waals surface area contributed by atoms with Crippen LogP contribution in [0.5, 0.6) is 0 Å². The molecule has 1 heterocycles. The predicted octanol–water partition coefficient (Wildman–Crippen LogP) is 5.57. The van der Waals surface area contributed by atoms with Gasteiger partial charge in [0.05, 0.1) is 33.4 Å². The number of halogens is 2. The van der Waals surface area contributed by atoms with Crippen LogP contribution in [0.15, 0.2) is 47.5 Å². The van der Waals surface area contributed by atoms with Crippen molar-refractivity contribution < 1.29 is 4.79 Å². The van der Waals surface area contributed by atoms with Gasteiger partial charge in [0.25, 0.3) is 0 Å². The van der Waals surface area contributed by atoms with E-state index in [0.29, 0.717) is 21.3 Å². The standard InChI is InChI=1S/C22H23Cl2N3OS/c1-26(21(14-27-9-5-6-10-27)16-7-3-2-4-8-16)22(28)12-17-11-18(23)19(24)13-20(17)25-15-29/h2-4,7-8,11,13,21H,5-6,9-10,12,14H2,1H3/t21-/m1/s1. The molecule has 0 saturated carbocycles. The van der Waals surface area contributed by atoms with Crippen molar-refractivity contribution in [2.75, 3.05) is 26.7 Å². The van der Waals surface area contributed by atoms with Crippen molar-refractivity contribution in [2.24, 2.45) is 4.99 Å². The van der Waals surface area contributed by atoms with Crippen LogP contribution in [-0.4, -0.2) is 47.6 Å². The number of isothiocyanates is 1. The molecule has 0 spiro atoms. The summed E-state index contributed by atoms with van der Waals surface area (Å²) in [7, 11) is 1.86. The number of nitrogens with zero attached hydrogens (tertiary/aromatic N) is 3. The van der Waals surface area contributed by atoms with Gasteiger partial charge in [-0.1, -0.05) is 53.5 Å². The minimum absolute atomic E-state index is 0.0164. The fourth-order valence-electron chi connectivity index (χ4n) is 3.67. The van der Waals surface area contributed by atoms with Crippen LogP contribution in [-0.2, 0) is 11.2 Å². The molecule has 0 radical (unpaired) electrons. The Morgan fingerprint density at radius 2 is 1.86 bits per heavy atom. The van der Waals surface area contributed by atoms with E-state index in [1.807, 2.05) is 30.1 Å². The number of hydrogen-bond acceptors (Lipinski definition) is 4. The van der Waals surface area contributed by atoms with E-state index in [0.717, 1.165) is 25.2 Å². The van der Waals surface area contributed by atoms with Gasteiger partial charge in [0.15, 0.2) is 0 Å². The van der Waals surface area contributed by atoms with Gasteiger partial charge in [-0.2, -0.15) is 4.99 Å². The summed E-state index contributed by atoms with van der Waals surface area (Å²) in [6, 6.07) is 13.4. The molecule has 4 nitrogen and oxygen atoms in total.